The van der Waals surface area contributed by atoms with E-state index in [9.17, 15) is 0 Å². The Labute approximate surface area is 109 Å². The minimum absolute atomic E-state index is 0.534. The highest BCUT2D eigenvalue weighted by molar-refractivity contribution is 7.12. The van der Waals surface area contributed by atoms with E-state index in [2.05, 4.69) is 24.0 Å². The molecule has 0 saturated carbocycles. The number of rotatable bonds is 4. The van der Waals surface area contributed by atoms with Gasteiger partial charge in [0.05, 0.1) is 0 Å². The van der Waals surface area contributed by atoms with Crippen molar-refractivity contribution in [2.24, 2.45) is 5.73 Å². The first kappa shape index (κ1) is 13.1. The summed E-state index contributed by atoms with van der Waals surface area (Å²) < 4.78 is 0. The fraction of sp³-hybridized carbons (Fsp3) is 0.714. The summed E-state index contributed by atoms with van der Waals surface area (Å²) in [5, 5.41) is 0. The van der Waals surface area contributed by atoms with Gasteiger partial charge in [0, 0.05) is 28.8 Å². The molecule has 2 rings (SSSR count). The summed E-state index contributed by atoms with van der Waals surface area (Å²) in [5.41, 5.74) is 5.95. The highest BCUT2D eigenvalue weighted by atomic mass is 32.1. The second-order valence-electron chi connectivity index (χ2n) is 5.10. The molecule has 2 nitrogen and oxygen atoms in total. The van der Waals surface area contributed by atoms with Crippen molar-refractivity contribution in [3.63, 3.8) is 0 Å². The third kappa shape index (κ3) is 3.80. The van der Waals surface area contributed by atoms with Gasteiger partial charge in [-0.2, -0.15) is 0 Å². The average Bonchev–Trinajstić information content (AvgIpc) is 2.62. The molecule has 3 heteroatoms. The Morgan fingerprint density at radius 3 is 2.47 bits per heavy atom. The van der Waals surface area contributed by atoms with Crippen LogP contribution in [0.15, 0.2) is 12.1 Å². The van der Waals surface area contributed by atoms with Gasteiger partial charge in [-0.05, 0) is 45.0 Å². The molecule has 0 spiro atoms. The second-order valence-corrected chi connectivity index (χ2v) is 6.42. The van der Waals surface area contributed by atoms with E-state index in [0.29, 0.717) is 5.92 Å². The lowest BCUT2D eigenvalue weighted by atomic mass is 10.1. The lowest BCUT2D eigenvalue weighted by molar-refractivity contribution is 0.269. The van der Waals surface area contributed by atoms with Crippen molar-refractivity contribution in [2.45, 2.75) is 38.5 Å². The molecule has 1 aromatic heterocycles. The van der Waals surface area contributed by atoms with Crippen molar-refractivity contribution < 1.29 is 0 Å². The number of thiophene rings is 1. The van der Waals surface area contributed by atoms with Gasteiger partial charge in [-0.15, -0.1) is 11.3 Å². The summed E-state index contributed by atoms with van der Waals surface area (Å²) in [6.45, 7) is 6.63. The highest BCUT2D eigenvalue weighted by Crippen LogP contribution is 2.25. The maximum atomic E-state index is 5.95. The molecule has 1 atom stereocenters. The Hall–Kier alpha value is -0.380. The largest absolute Gasteiger partial charge is 0.330 e. The first-order valence-electron chi connectivity index (χ1n) is 6.78. The molecule has 1 aliphatic rings. The van der Waals surface area contributed by atoms with Crippen molar-refractivity contribution in [1.82, 2.24) is 4.90 Å². The van der Waals surface area contributed by atoms with Gasteiger partial charge in [-0.3, -0.25) is 0 Å². The molecular formula is C14H24N2S. The van der Waals surface area contributed by atoms with Crippen molar-refractivity contribution >= 4 is 11.3 Å². The lowest BCUT2D eigenvalue weighted by Gasteiger charge is -2.24. The van der Waals surface area contributed by atoms with Gasteiger partial charge >= 0.3 is 0 Å². The van der Waals surface area contributed by atoms with Crippen LogP contribution in [0.4, 0.5) is 0 Å². The van der Waals surface area contributed by atoms with Crippen LogP contribution in [0.25, 0.3) is 0 Å². The van der Waals surface area contributed by atoms with Gasteiger partial charge in [0.15, 0.2) is 0 Å². The highest BCUT2D eigenvalue weighted by Gasteiger charge is 2.17. The Morgan fingerprint density at radius 2 is 1.94 bits per heavy atom. The van der Waals surface area contributed by atoms with Crippen molar-refractivity contribution in [3.8, 4) is 0 Å². The van der Waals surface area contributed by atoms with E-state index in [1.807, 2.05) is 11.3 Å². The van der Waals surface area contributed by atoms with Crippen molar-refractivity contribution in [3.05, 3.63) is 21.9 Å². The molecule has 2 N–H and O–H groups in total. The maximum absolute atomic E-state index is 5.95. The molecule has 1 aliphatic heterocycles. The van der Waals surface area contributed by atoms with Crippen LogP contribution in [0, 0.1) is 6.92 Å². The smallest absolute Gasteiger partial charge is 0.0183 e. The number of hydrogen-bond acceptors (Lipinski definition) is 3. The standard InChI is InChI=1S/C14H24N2S/c1-12-6-7-14(17-12)13(10-15)11-16-8-4-2-3-5-9-16/h6-7,13H,2-5,8-11,15H2,1H3. The van der Waals surface area contributed by atoms with Gasteiger partial charge in [-0.1, -0.05) is 12.8 Å². The zero-order valence-electron chi connectivity index (χ0n) is 10.8. The monoisotopic (exact) mass is 252 g/mol. The summed E-state index contributed by atoms with van der Waals surface area (Å²) in [6.07, 6.45) is 5.53. The molecule has 1 saturated heterocycles. The molecule has 0 aliphatic carbocycles. The quantitative estimate of drug-likeness (QED) is 0.892. The lowest BCUT2D eigenvalue weighted by Crippen LogP contribution is -2.32. The predicted molar refractivity (Wildman–Crippen MR) is 75.8 cm³/mol. The van der Waals surface area contributed by atoms with Crippen LogP contribution in [0.1, 0.15) is 41.4 Å². The van der Waals surface area contributed by atoms with Gasteiger partial charge in [0.2, 0.25) is 0 Å². The van der Waals surface area contributed by atoms with Gasteiger partial charge < -0.3 is 10.6 Å². The molecule has 2 heterocycles. The Balaban J connectivity index is 1.94. The van der Waals surface area contributed by atoms with E-state index in [-0.39, 0.29) is 0 Å². The Bertz CT molecular complexity index is 327. The zero-order chi connectivity index (χ0) is 12.1. The van der Waals surface area contributed by atoms with E-state index < -0.39 is 0 Å². The van der Waals surface area contributed by atoms with Crippen molar-refractivity contribution in [2.75, 3.05) is 26.2 Å². The van der Waals surface area contributed by atoms with E-state index in [1.165, 1.54) is 48.5 Å². The summed E-state index contributed by atoms with van der Waals surface area (Å²) in [6, 6.07) is 4.47. The number of nitrogens with two attached hydrogens (primary N) is 1. The molecule has 0 radical (unpaired) electrons. The topological polar surface area (TPSA) is 29.3 Å². The molecule has 1 fully saturated rings. The van der Waals surface area contributed by atoms with Gasteiger partial charge in [0.1, 0.15) is 0 Å². The molecule has 1 aromatic rings. The Kier molecular flexibility index (Phi) is 5.01. The van der Waals surface area contributed by atoms with Crippen LogP contribution < -0.4 is 5.73 Å². The summed E-state index contributed by atoms with van der Waals surface area (Å²) in [7, 11) is 0. The first-order chi connectivity index (χ1) is 8.29. The van der Waals surface area contributed by atoms with Gasteiger partial charge in [0.25, 0.3) is 0 Å². The van der Waals surface area contributed by atoms with Crippen LogP contribution >= 0.6 is 11.3 Å². The molecular weight excluding hydrogens is 228 g/mol. The third-order valence-electron chi connectivity index (χ3n) is 3.63. The molecule has 0 bridgehead atoms. The van der Waals surface area contributed by atoms with Crippen molar-refractivity contribution in [1.29, 1.82) is 0 Å². The summed E-state index contributed by atoms with van der Waals surface area (Å²) >= 11 is 1.91. The Morgan fingerprint density at radius 1 is 1.24 bits per heavy atom. The zero-order valence-corrected chi connectivity index (χ0v) is 11.6. The van der Waals surface area contributed by atoms with Crippen LogP contribution in [0.2, 0.25) is 0 Å². The van der Waals surface area contributed by atoms with Crippen LogP contribution in [0.5, 0.6) is 0 Å². The minimum atomic E-state index is 0.534. The molecule has 1 unspecified atom stereocenters. The number of likely N-dealkylation sites (tertiary alicyclic amines) is 1. The van der Waals surface area contributed by atoms with Crippen LogP contribution in [-0.2, 0) is 0 Å². The SMILES string of the molecule is Cc1ccc(C(CN)CN2CCCCCC2)s1. The second kappa shape index (κ2) is 6.53. The minimum Gasteiger partial charge on any atom is -0.330 e. The first-order valence-corrected chi connectivity index (χ1v) is 7.60. The van der Waals surface area contributed by atoms with Gasteiger partial charge in [-0.25, -0.2) is 0 Å². The third-order valence-corrected chi connectivity index (χ3v) is 4.79. The van der Waals surface area contributed by atoms with Crippen LogP contribution in [0.3, 0.4) is 0 Å². The van der Waals surface area contributed by atoms with E-state index in [0.717, 1.165) is 13.1 Å². The maximum Gasteiger partial charge on any atom is 0.0183 e. The number of hydrogen-bond donors (Lipinski definition) is 1. The average molecular weight is 252 g/mol. The van der Waals surface area contributed by atoms with E-state index in [4.69, 9.17) is 5.73 Å². The predicted octanol–water partition coefficient (Wildman–Crippen LogP) is 2.97. The summed E-state index contributed by atoms with van der Waals surface area (Å²) in [5.74, 6) is 0.534. The molecule has 0 aromatic carbocycles. The summed E-state index contributed by atoms with van der Waals surface area (Å²) in [4.78, 5) is 5.48. The van der Waals surface area contributed by atoms with Crippen LogP contribution in [-0.4, -0.2) is 31.1 Å². The fourth-order valence-electron chi connectivity index (χ4n) is 2.58. The van der Waals surface area contributed by atoms with E-state index in [1.54, 1.807) is 0 Å². The van der Waals surface area contributed by atoms with E-state index >= 15 is 0 Å². The number of aryl methyl sites for hydroxylation is 1. The normalized spacial score (nSPS) is 20.1. The number of nitrogens with zero attached hydrogens (tertiary/aromatic N) is 1. The molecule has 17 heavy (non-hydrogen) atoms. The fourth-order valence-corrected chi connectivity index (χ4v) is 3.57. The molecule has 96 valence electrons. The molecule has 0 amide bonds.